The van der Waals surface area contributed by atoms with Gasteiger partial charge in [0, 0.05) is 0 Å². The van der Waals surface area contributed by atoms with Gasteiger partial charge in [0.25, 0.3) is 0 Å². The maximum atomic E-state index is 10.3. The normalized spacial score (nSPS) is 15.1. The van der Waals surface area contributed by atoms with Gasteiger partial charge in [-0.3, -0.25) is 5.50 Å². The van der Waals surface area contributed by atoms with Gasteiger partial charge in [-0.05, 0) is 6.92 Å². The highest BCUT2D eigenvalue weighted by Gasteiger charge is 2.08. The molecule has 0 heterocycles. The van der Waals surface area contributed by atoms with Crippen molar-refractivity contribution in [3.05, 3.63) is 11.4 Å². The predicted octanol–water partition coefficient (Wildman–Crippen LogP) is 0.408. The van der Waals surface area contributed by atoms with E-state index in [9.17, 15) is 9.36 Å². The summed E-state index contributed by atoms with van der Waals surface area (Å²) in [6.45, 7) is 1.48. The molecule has 0 aliphatic heterocycles. The minimum Gasteiger partial charge on any atom is -0.478 e. The first kappa shape index (κ1) is 8.40. The summed E-state index contributed by atoms with van der Waals surface area (Å²) in [5.74, 6) is -1.20. The van der Waals surface area contributed by atoms with Gasteiger partial charge in [-0.15, -0.1) is 0 Å². The fourth-order valence-electron chi connectivity index (χ4n) is 0.371. The number of allylic oxidation sites excluding steroid dienone is 1. The van der Waals surface area contributed by atoms with Crippen LogP contribution in [0, 0.1) is 0 Å². The Morgan fingerprint density at radius 3 is 2.22 bits per heavy atom. The molecule has 0 radical (unpaired) electrons. The lowest BCUT2D eigenvalue weighted by Gasteiger charge is -1.92. The number of rotatable bonds is 2. The minimum absolute atomic E-state index is 0.194. The third-order valence-electron chi connectivity index (χ3n) is 0.785. The lowest BCUT2D eigenvalue weighted by atomic mass is 10.5. The summed E-state index contributed by atoms with van der Waals surface area (Å²) in [6, 6.07) is 0. The maximum absolute atomic E-state index is 10.3. The van der Waals surface area contributed by atoms with Crippen LogP contribution in [0.3, 0.4) is 0 Å². The first-order chi connectivity index (χ1) is 4.09. The van der Waals surface area contributed by atoms with Crippen molar-refractivity contribution in [3.8, 4) is 0 Å². The van der Waals surface area contributed by atoms with Crippen LogP contribution in [0.1, 0.15) is 6.92 Å². The average molecular weight is 149 g/mol. The Kier molecular flexibility index (Phi) is 3.20. The number of aliphatic carboxylic acids is 1. The summed E-state index contributed by atoms with van der Waals surface area (Å²) in [5, 5.41) is 8.03. The average Bonchev–Trinajstić information content (AvgIpc) is 1.64. The summed E-state index contributed by atoms with van der Waals surface area (Å²) in [7, 11) is -2.51. The van der Waals surface area contributed by atoms with Crippen molar-refractivity contribution >= 4 is 13.9 Å². The Balaban J connectivity index is 4.38. The van der Waals surface area contributed by atoms with Gasteiger partial charge in [-0.25, -0.2) is 4.79 Å². The SMILES string of the molecule is CC=C(C(=O)O)[PH](N)=O. The number of nitrogens with two attached hydrogens (primary N) is 1. The molecular weight excluding hydrogens is 141 g/mol. The fraction of sp³-hybridized carbons (Fsp3) is 0.250. The van der Waals surface area contributed by atoms with Crippen LogP contribution < -0.4 is 5.50 Å². The zero-order chi connectivity index (χ0) is 7.44. The summed E-state index contributed by atoms with van der Waals surface area (Å²) < 4.78 is 10.3. The molecule has 0 spiro atoms. The molecule has 0 amide bonds. The molecule has 0 aromatic rings. The number of hydrogen-bond donors (Lipinski definition) is 2. The number of carbonyl (C=O) groups is 1. The molecule has 5 heteroatoms. The van der Waals surface area contributed by atoms with Crippen LogP contribution in [-0.2, 0) is 9.36 Å². The van der Waals surface area contributed by atoms with E-state index in [2.05, 4.69) is 0 Å². The molecule has 3 N–H and O–H groups in total. The number of carboxylic acids is 1. The molecule has 0 aromatic carbocycles. The topological polar surface area (TPSA) is 80.4 Å². The van der Waals surface area contributed by atoms with Crippen molar-refractivity contribution in [1.29, 1.82) is 0 Å². The molecular formula is C4H8NO3P. The van der Waals surface area contributed by atoms with E-state index >= 15 is 0 Å². The number of hydrogen-bond acceptors (Lipinski definition) is 2. The summed E-state index contributed by atoms with van der Waals surface area (Å²) in [4.78, 5) is 10.0. The van der Waals surface area contributed by atoms with Gasteiger partial charge in [0.2, 0.25) is 0 Å². The third-order valence-corrected chi connectivity index (χ3v) is 1.82. The Labute approximate surface area is 53.2 Å². The molecule has 1 unspecified atom stereocenters. The van der Waals surface area contributed by atoms with Crippen molar-refractivity contribution in [2.75, 3.05) is 0 Å². The van der Waals surface area contributed by atoms with Gasteiger partial charge in [-0.1, -0.05) is 6.08 Å². The van der Waals surface area contributed by atoms with E-state index in [-0.39, 0.29) is 5.31 Å². The Morgan fingerprint density at radius 1 is 1.78 bits per heavy atom. The van der Waals surface area contributed by atoms with Gasteiger partial charge in [-0.2, -0.15) is 0 Å². The van der Waals surface area contributed by atoms with Crippen LogP contribution in [0.5, 0.6) is 0 Å². The van der Waals surface area contributed by atoms with Gasteiger partial charge in [0.1, 0.15) is 5.31 Å². The van der Waals surface area contributed by atoms with E-state index in [4.69, 9.17) is 10.6 Å². The molecule has 0 bridgehead atoms. The second-order valence-electron chi connectivity index (χ2n) is 1.37. The zero-order valence-corrected chi connectivity index (χ0v) is 5.92. The Hall–Kier alpha value is -0.600. The molecule has 0 saturated carbocycles. The lowest BCUT2D eigenvalue weighted by molar-refractivity contribution is -0.131. The van der Waals surface area contributed by atoms with Crippen molar-refractivity contribution in [3.63, 3.8) is 0 Å². The van der Waals surface area contributed by atoms with E-state index < -0.39 is 13.9 Å². The largest absolute Gasteiger partial charge is 0.478 e. The van der Waals surface area contributed by atoms with Gasteiger partial charge in [0.15, 0.2) is 7.95 Å². The molecule has 0 saturated heterocycles. The molecule has 1 atom stereocenters. The van der Waals surface area contributed by atoms with Crippen LogP contribution in [0.4, 0.5) is 0 Å². The van der Waals surface area contributed by atoms with Gasteiger partial charge in [0.05, 0.1) is 0 Å². The fourth-order valence-corrected chi connectivity index (χ4v) is 0.866. The van der Waals surface area contributed by atoms with Crippen molar-refractivity contribution in [1.82, 2.24) is 0 Å². The van der Waals surface area contributed by atoms with Gasteiger partial charge >= 0.3 is 5.97 Å². The molecule has 0 fully saturated rings. The first-order valence-corrected chi connectivity index (χ1v) is 3.77. The van der Waals surface area contributed by atoms with Crippen LogP contribution in [0.2, 0.25) is 0 Å². The van der Waals surface area contributed by atoms with E-state index in [1.807, 2.05) is 0 Å². The molecule has 52 valence electrons. The number of carboxylic acid groups (broad SMARTS) is 1. The summed E-state index contributed by atoms with van der Waals surface area (Å²) in [6.07, 6.45) is 1.24. The molecule has 0 rings (SSSR count). The van der Waals surface area contributed by atoms with Crippen LogP contribution in [0.15, 0.2) is 11.4 Å². The smallest absolute Gasteiger partial charge is 0.339 e. The lowest BCUT2D eigenvalue weighted by Crippen LogP contribution is -1.98. The summed E-state index contributed by atoms with van der Waals surface area (Å²) in [5.41, 5.74) is 4.85. The van der Waals surface area contributed by atoms with Crippen molar-refractivity contribution in [2.24, 2.45) is 5.50 Å². The van der Waals surface area contributed by atoms with E-state index in [1.54, 1.807) is 0 Å². The molecule has 9 heavy (non-hydrogen) atoms. The van der Waals surface area contributed by atoms with E-state index in [0.717, 1.165) is 0 Å². The highest BCUT2D eigenvalue weighted by Crippen LogP contribution is 2.22. The zero-order valence-electron chi connectivity index (χ0n) is 4.92. The van der Waals surface area contributed by atoms with Crippen molar-refractivity contribution in [2.45, 2.75) is 6.92 Å². The highest BCUT2D eigenvalue weighted by molar-refractivity contribution is 7.48. The quantitative estimate of drug-likeness (QED) is 0.440. The monoisotopic (exact) mass is 149 g/mol. The molecule has 4 nitrogen and oxygen atoms in total. The predicted molar refractivity (Wildman–Crippen MR) is 34.6 cm³/mol. The van der Waals surface area contributed by atoms with Crippen LogP contribution in [0.25, 0.3) is 0 Å². The third kappa shape index (κ3) is 2.44. The molecule has 0 aliphatic carbocycles. The maximum Gasteiger partial charge on any atom is 0.339 e. The Bertz CT molecular complexity index is 159. The second-order valence-corrected chi connectivity index (χ2v) is 2.64. The second kappa shape index (κ2) is 3.43. The standard InChI is InChI=1S/C4H8NO3P/c1-2-3(4(6)7)9(5)8/h2,9H,1H3,(H2,5,8)(H,6,7). The van der Waals surface area contributed by atoms with Gasteiger partial charge < -0.3 is 9.67 Å². The molecule has 0 aromatic heterocycles. The van der Waals surface area contributed by atoms with Crippen LogP contribution >= 0.6 is 7.95 Å². The van der Waals surface area contributed by atoms with Crippen LogP contribution in [-0.4, -0.2) is 11.1 Å². The van der Waals surface area contributed by atoms with E-state index in [0.29, 0.717) is 0 Å². The first-order valence-electron chi connectivity index (χ1n) is 2.29. The Morgan fingerprint density at radius 2 is 2.22 bits per heavy atom. The summed E-state index contributed by atoms with van der Waals surface area (Å²) >= 11 is 0. The minimum atomic E-state index is -2.51. The van der Waals surface area contributed by atoms with E-state index in [1.165, 1.54) is 13.0 Å². The van der Waals surface area contributed by atoms with Crippen molar-refractivity contribution < 1.29 is 14.5 Å². The molecule has 0 aliphatic rings. The highest BCUT2D eigenvalue weighted by atomic mass is 31.1.